The molecule has 10 heteroatoms. The van der Waals surface area contributed by atoms with Gasteiger partial charge in [-0.05, 0) is 32.3 Å². The largest absolute Gasteiger partial charge is 0.474 e. The highest BCUT2D eigenvalue weighted by molar-refractivity contribution is 5.68. The fourth-order valence-corrected chi connectivity index (χ4v) is 2.76. The van der Waals surface area contributed by atoms with Gasteiger partial charge in [0.15, 0.2) is 5.69 Å². The summed E-state index contributed by atoms with van der Waals surface area (Å²) >= 11 is 0. The average molecular weight is 372 g/mol. The smallest absolute Gasteiger partial charge is 0.421 e. The van der Waals surface area contributed by atoms with Crippen molar-refractivity contribution in [3.05, 3.63) is 17.5 Å². The summed E-state index contributed by atoms with van der Waals surface area (Å²) in [6.45, 7) is 1.68. The minimum absolute atomic E-state index is 0.0195. The number of nitrogens with zero attached hydrogens (tertiary/aromatic N) is 3. The van der Waals surface area contributed by atoms with Crippen LogP contribution < -0.4 is 10.5 Å². The Bertz CT molecular complexity index is 779. The van der Waals surface area contributed by atoms with Crippen LogP contribution in [0.3, 0.4) is 0 Å². The molecule has 1 aliphatic heterocycles. The monoisotopic (exact) mass is 372 g/mol. The molecule has 0 aliphatic carbocycles. The minimum Gasteiger partial charge on any atom is -0.474 e. The summed E-state index contributed by atoms with van der Waals surface area (Å²) in [4.78, 5) is 3.90. The van der Waals surface area contributed by atoms with Gasteiger partial charge in [-0.1, -0.05) is 12.8 Å². The Morgan fingerprint density at radius 3 is 2.65 bits per heavy atom. The van der Waals surface area contributed by atoms with E-state index in [2.05, 4.69) is 15.2 Å². The summed E-state index contributed by atoms with van der Waals surface area (Å²) in [5.41, 5.74) is 4.29. The molecule has 3 heterocycles. The average Bonchev–Trinajstić information content (AvgIpc) is 3.03. The molecular weight excluding hydrogens is 353 g/mol. The van der Waals surface area contributed by atoms with E-state index in [-0.39, 0.29) is 23.2 Å². The third-order valence-corrected chi connectivity index (χ3v) is 4.15. The third-order valence-electron chi connectivity index (χ3n) is 4.15. The number of aliphatic hydroxyl groups is 1. The van der Waals surface area contributed by atoms with Gasteiger partial charge in [-0.3, -0.25) is 0 Å². The van der Waals surface area contributed by atoms with E-state index in [1.807, 2.05) is 0 Å². The van der Waals surface area contributed by atoms with Gasteiger partial charge in [-0.25, -0.2) is 4.98 Å². The highest BCUT2D eigenvalue weighted by Gasteiger charge is 2.37. The number of fused-ring (bicyclic) bond motifs is 5. The molecule has 2 atom stereocenters. The van der Waals surface area contributed by atoms with Crippen LogP contribution in [0.1, 0.15) is 56.6 Å². The van der Waals surface area contributed by atoms with Crippen molar-refractivity contribution >= 4 is 5.69 Å². The third kappa shape index (κ3) is 3.90. The standard InChI is InChI=1S/C16H19F3N4O3/c1-8-5-3-2-4-6-11(24)14-22-23-15(26-14)12-10(20)7-9(16(17,18)19)13(21-12)25-8/h7-8,11,24H,2-6,20H2,1H3/t8-,11?/m1/s1. The number of hydrogen-bond acceptors (Lipinski definition) is 7. The number of pyridine rings is 1. The maximum absolute atomic E-state index is 13.3. The fourth-order valence-electron chi connectivity index (χ4n) is 2.76. The molecule has 4 bridgehead atoms. The SMILES string of the molecule is C[C@@H]1CCCCCC(O)c2nnc(o2)-c2nc(c(C(F)(F)F)cc2N)O1. The van der Waals surface area contributed by atoms with E-state index in [0.717, 1.165) is 18.9 Å². The lowest BCUT2D eigenvalue weighted by atomic mass is 10.1. The van der Waals surface area contributed by atoms with Gasteiger partial charge in [0.05, 0.1) is 11.8 Å². The van der Waals surface area contributed by atoms with Crippen LogP contribution in [0.25, 0.3) is 11.6 Å². The number of nitrogens with two attached hydrogens (primary N) is 1. The van der Waals surface area contributed by atoms with Crippen molar-refractivity contribution in [1.29, 1.82) is 0 Å². The predicted octanol–water partition coefficient (Wildman–Crippen LogP) is 3.50. The fraction of sp³-hybridized carbons (Fsp3) is 0.562. The number of ether oxygens (including phenoxy) is 1. The molecule has 3 N–H and O–H groups in total. The van der Waals surface area contributed by atoms with Gasteiger partial charge in [0, 0.05) is 0 Å². The highest BCUT2D eigenvalue weighted by atomic mass is 19.4. The van der Waals surface area contributed by atoms with Gasteiger partial charge in [0.25, 0.3) is 5.89 Å². The number of aliphatic hydroxyl groups excluding tert-OH is 1. The van der Waals surface area contributed by atoms with E-state index in [4.69, 9.17) is 14.9 Å². The van der Waals surface area contributed by atoms with Crippen LogP contribution in [0.15, 0.2) is 10.5 Å². The van der Waals surface area contributed by atoms with E-state index in [1.54, 1.807) is 6.92 Å². The Morgan fingerprint density at radius 2 is 1.92 bits per heavy atom. The molecule has 2 aromatic heterocycles. The second-order valence-corrected chi connectivity index (χ2v) is 6.30. The number of nitrogen functional groups attached to an aromatic ring is 1. The molecule has 0 saturated carbocycles. The molecule has 3 rings (SSSR count). The first-order valence-electron chi connectivity index (χ1n) is 8.32. The van der Waals surface area contributed by atoms with Crippen LogP contribution in [0, 0.1) is 0 Å². The van der Waals surface area contributed by atoms with Crippen molar-refractivity contribution in [2.45, 2.75) is 57.4 Å². The van der Waals surface area contributed by atoms with Gasteiger partial charge >= 0.3 is 6.18 Å². The first kappa shape index (κ1) is 18.4. The highest BCUT2D eigenvalue weighted by Crippen LogP contribution is 2.40. The van der Waals surface area contributed by atoms with Crippen LogP contribution in [-0.4, -0.2) is 26.4 Å². The molecule has 0 radical (unpaired) electrons. The summed E-state index contributed by atoms with van der Waals surface area (Å²) in [5, 5.41) is 17.6. The van der Waals surface area contributed by atoms with E-state index in [1.165, 1.54) is 0 Å². The Kier molecular flexibility index (Phi) is 5.03. The molecule has 0 spiro atoms. The number of anilines is 1. The van der Waals surface area contributed by atoms with Crippen LogP contribution in [-0.2, 0) is 6.18 Å². The normalized spacial score (nSPS) is 21.7. The minimum atomic E-state index is -4.67. The number of halogens is 3. The first-order chi connectivity index (χ1) is 12.3. The van der Waals surface area contributed by atoms with E-state index < -0.39 is 29.8 Å². The summed E-state index contributed by atoms with van der Waals surface area (Å²) in [6.07, 6.45) is -2.83. The Labute approximate surface area is 147 Å². The number of alkyl halides is 3. The van der Waals surface area contributed by atoms with Crippen LogP contribution in [0.5, 0.6) is 5.88 Å². The molecular formula is C16H19F3N4O3. The van der Waals surface area contributed by atoms with Gasteiger partial charge < -0.3 is 20.0 Å². The first-order valence-corrected chi connectivity index (χ1v) is 8.32. The zero-order valence-corrected chi connectivity index (χ0v) is 14.1. The van der Waals surface area contributed by atoms with Crippen LogP contribution >= 0.6 is 0 Å². The molecule has 1 aliphatic rings. The van der Waals surface area contributed by atoms with Crippen molar-refractivity contribution in [2.75, 3.05) is 5.73 Å². The van der Waals surface area contributed by atoms with E-state index in [0.29, 0.717) is 19.3 Å². The van der Waals surface area contributed by atoms with Crippen molar-refractivity contribution in [3.63, 3.8) is 0 Å². The zero-order chi connectivity index (χ0) is 18.9. The van der Waals surface area contributed by atoms with E-state index >= 15 is 0 Å². The summed E-state index contributed by atoms with van der Waals surface area (Å²) in [6, 6.07) is 0.747. The Balaban J connectivity index is 2.10. The quantitative estimate of drug-likeness (QED) is 0.729. The van der Waals surface area contributed by atoms with Crippen LogP contribution in [0.2, 0.25) is 0 Å². The van der Waals surface area contributed by atoms with Gasteiger partial charge in [-0.15, -0.1) is 10.2 Å². The van der Waals surface area contributed by atoms with Crippen LogP contribution in [0.4, 0.5) is 18.9 Å². The molecule has 0 amide bonds. The zero-order valence-electron chi connectivity index (χ0n) is 14.1. The Hall–Kier alpha value is -2.36. The van der Waals surface area contributed by atoms with Crippen molar-refractivity contribution in [3.8, 4) is 17.5 Å². The molecule has 1 unspecified atom stereocenters. The van der Waals surface area contributed by atoms with E-state index in [9.17, 15) is 18.3 Å². The summed E-state index contributed by atoms with van der Waals surface area (Å²) in [7, 11) is 0. The molecule has 142 valence electrons. The van der Waals surface area contributed by atoms with Gasteiger partial charge in [0.1, 0.15) is 11.7 Å². The molecule has 2 aromatic rings. The lowest BCUT2D eigenvalue weighted by molar-refractivity contribution is -0.139. The number of aromatic nitrogens is 3. The second-order valence-electron chi connectivity index (χ2n) is 6.30. The Morgan fingerprint density at radius 1 is 1.19 bits per heavy atom. The van der Waals surface area contributed by atoms with Gasteiger partial charge in [-0.2, -0.15) is 13.2 Å². The molecule has 26 heavy (non-hydrogen) atoms. The summed E-state index contributed by atoms with van der Waals surface area (Å²) in [5.74, 6) is -0.764. The lowest BCUT2D eigenvalue weighted by Crippen LogP contribution is -2.18. The van der Waals surface area contributed by atoms with Crippen molar-refractivity contribution < 1.29 is 27.4 Å². The topological polar surface area (TPSA) is 107 Å². The van der Waals surface area contributed by atoms with Crippen molar-refractivity contribution in [1.82, 2.24) is 15.2 Å². The predicted molar refractivity (Wildman–Crippen MR) is 85.1 cm³/mol. The molecule has 0 fully saturated rings. The second kappa shape index (κ2) is 7.10. The molecule has 7 nitrogen and oxygen atoms in total. The number of hydrogen-bond donors (Lipinski definition) is 2. The summed E-state index contributed by atoms with van der Waals surface area (Å²) < 4.78 is 50.8. The molecule has 0 aromatic carbocycles. The maximum atomic E-state index is 13.3. The number of rotatable bonds is 0. The van der Waals surface area contributed by atoms with Crippen molar-refractivity contribution in [2.24, 2.45) is 0 Å². The maximum Gasteiger partial charge on any atom is 0.421 e. The lowest BCUT2D eigenvalue weighted by Gasteiger charge is -2.19. The molecule has 0 saturated heterocycles. The van der Waals surface area contributed by atoms with Gasteiger partial charge in [0.2, 0.25) is 11.8 Å².